The normalized spacial score (nSPS) is 13.1. The second-order valence-electron chi connectivity index (χ2n) is 3.90. The lowest BCUT2D eigenvalue weighted by Crippen LogP contribution is -2.20. The molecule has 1 unspecified atom stereocenters. The van der Waals surface area contributed by atoms with Crippen LogP contribution in [0.4, 0.5) is 0 Å². The Labute approximate surface area is 96.5 Å². The van der Waals surface area contributed by atoms with Crippen molar-refractivity contribution in [3.63, 3.8) is 0 Å². The first-order valence-corrected chi connectivity index (χ1v) is 5.55. The summed E-state index contributed by atoms with van der Waals surface area (Å²) in [7, 11) is 4.10. The number of hydrogen-bond donors (Lipinski definition) is 1. The molecule has 0 aliphatic rings. The van der Waals surface area contributed by atoms with Crippen LogP contribution in [-0.4, -0.2) is 30.7 Å². The minimum atomic E-state index is 0.248. The average Bonchev–Trinajstić information content (AvgIpc) is 2.21. The Morgan fingerprint density at radius 3 is 2.33 bits per heavy atom. The third kappa shape index (κ3) is 3.82. The van der Waals surface area contributed by atoms with Crippen LogP contribution in [0.5, 0.6) is 0 Å². The largest absolute Gasteiger partial charge is 0.396 e. The zero-order valence-corrected chi connectivity index (χ0v) is 10.0. The summed E-state index contributed by atoms with van der Waals surface area (Å²) in [5.41, 5.74) is 1.25. The molecule has 1 rings (SSSR count). The molecule has 3 heteroatoms. The molecule has 0 radical (unpaired) electrons. The van der Waals surface area contributed by atoms with Gasteiger partial charge in [-0.1, -0.05) is 23.7 Å². The van der Waals surface area contributed by atoms with Gasteiger partial charge in [0.25, 0.3) is 0 Å². The van der Waals surface area contributed by atoms with E-state index < -0.39 is 0 Å². The second-order valence-corrected chi connectivity index (χ2v) is 4.33. The number of aliphatic hydroxyl groups is 1. The first kappa shape index (κ1) is 12.5. The van der Waals surface area contributed by atoms with Gasteiger partial charge in [0.2, 0.25) is 0 Å². The van der Waals surface area contributed by atoms with Gasteiger partial charge in [0.15, 0.2) is 0 Å². The van der Waals surface area contributed by atoms with Crippen LogP contribution in [-0.2, 0) is 0 Å². The lowest BCUT2D eigenvalue weighted by Gasteiger charge is -2.24. The monoisotopic (exact) mass is 227 g/mol. The third-order valence-electron chi connectivity index (χ3n) is 2.51. The fourth-order valence-corrected chi connectivity index (χ4v) is 1.82. The standard InChI is InChI=1S/C12H18ClNO/c1-14(2)12(4-3-9-15)10-5-7-11(13)8-6-10/h5-8,12,15H,3-4,9H2,1-2H3. The SMILES string of the molecule is CN(C)C(CCCO)c1ccc(Cl)cc1. The van der Waals surface area contributed by atoms with Gasteiger partial charge >= 0.3 is 0 Å². The maximum absolute atomic E-state index is 8.85. The Hall–Kier alpha value is -0.570. The summed E-state index contributed by atoms with van der Waals surface area (Å²) < 4.78 is 0. The lowest BCUT2D eigenvalue weighted by molar-refractivity contribution is 0.235. The zero-order valence-electron chi connectivity index (χ0n) is 9.28. The zero-order chi connectivity index (χ0) is 11.3. The van der Waals surface area contributed by atoms with Gasteiger partial charge in [0, 0.05) is 17.7 Å². The molecule has 1 N–H and O–H groups in total. The number of aliphatic hydroxyl groups excluding tert-OH is 1. The summed E-state index contributed by atoms with van der Waals surface area (Å²) in [6.07, 6.45) is 1.79. The van der Waals surface area contributed by atoms with E-state index in [2.05, 4.69) is 19.0 Å². The number of nitrogens with zero attached hydrogens (tertiary/aromatic N) is 1. The highest BCUT2D eigenvalue weighted by atomic mass is 35.5. The molecule has 0 saturated carbocycles. The fourth-order valence-electron chi connectivity index (χ4n) is 1.69. The van der Waals surface area contributed by atoms with Crippen molar-refractivity contribution in [2.45, 2.75) is 18.9 Å². The molecule has 15 heavy (non-hydrogen) atoms. The predicted molar refractivity (Wildman–Crippen MR) is 64.2 cm³/mol. The van der Waals surface area contributed by atoms with Gasteiger partial charge in [-0.25, -0.2) is 0 Å². The van der Waals surface area contributed by atoms with E-state index in [-0.39, 0.29) is 6.61 Å². The summed E-state index contributed by atoms with van der Waals surface area (Å²) in [6, 6.07) is 8.27. The Balaban J connectivity index is 2.74. The maximum atomic E-state index is 8.85. The first-order chi connectivity index (χ1) is 7.15. The van der Waals surface area contributed by atoms with E-state index in [1.807, 2.05) is 24.3 Å². The molecule has 0 aliphatic heterocycles. The van der Waals surface area contributed by atoms with Crippen LogP contribution < -0.4 is 0 Å². The van der Waals surface area contributed by atoms with Gasteiger partial charge < -0.3 is 10.0 Å². The van der Waals surface area contributed by atoms with E-state index in [9.17, 15) is 0 Å². The van der Waals surface area contributed by atoms with Crippen LogP contribution >= 0.6 is 11.6 Å². The van der Waals surface area contributed by atoms with Gasteiger partial charge in [-0.3, -0.25) is 0 Å². The molecule has 0 aromatic heterocycles. The summed E-state index contributed by atoms with van der Waals surface area (Å²) in [5.74, 6) is 0. The van der Waals surface area contributed by atoms with E-state index in [1.54, 1.807) is 0 Å². The average molecular weight is 228 g/mol. The summed E-state index contributed by atoms with van der Waals surface area (Å²) in [5, 5.41) is 9.61. The van der Waals surface area contributed by atoms with Crippen molar-refractivity contribution in [3.8, 4) is 0 Å². The van der Waals surface area contributed by atoms with Crippen molar-refractivity contribution in [3.05, 3.63) is 34.9 Å². The quantitative estimate of drug-likeness (QED) is 0.836. The molecule has 2 nitrogen and oxygen atoms in total. The van der Waals surface area contributed by atoms with Crippen molar-refractivity contribution in [1.29, 1.82) is 0 Å². The molecule has 84 valence electrons. The molecule has 1 atom stereocenters. The molecule has 0 aliphatic carbocycles. The Kier molecular flexibility index (Phi) is 5.09. The molecule has 0 saturated heterocycles. The summed E-state index contributed by atoms with van der Waals surface area (Å²) in [4.78, 5) is 2.17. The van der Waals surface area contributed by atoms with Crippen LogP contribution in [0, 0.1) is 0 Å². The topological polar surface area (TPSA) is 23.5 Å². The number of rotatable bonds is 5. The van der Waals surface area contributed by atoms with Crippen LogP contribution in [0.1, 0.15) is 24.4 Å². The highest BCUT2D eigenvalue weighted by Gasteiger charge is 2.12. The first-order valence-electron chi connectivity index (χ1n) is 5.18. The van der Waals surface area contributed by atoms with Gasteiger partial charge in [-0.2, -0.15) is 0 Å². The van der Waals surface area contributed by atoms with Gasteiger partial charge in [-0.05, 0) is 44.6 Å². The van der Waals surface area contributed by atoms with Crippen LogP contribution in [0.15, 0.2) is 24.3 Å². The molecule has 0 fully saturated rings. The van der Waals surface area contributed by atoms with Crippen molar-refractivity contribution in [1.82, 2.24) is 4.90 Å². The molecule has 0 amide bonds. The molecule has 0 bridgehead atoms. The number of benzene rings is 1. The molecule has 1 aromatic carbocycles. The van der Waals surface area contributed by atoms with E-state index in [0.717, 1.165) is 17.9 Å². The van der Waals surface area contributed by atoms with E-state index >= 15 is 0 Å². The van der Waals surface area contributed by atoms with Gasteiger partial charge in [0.05, 0.1) is 0 Å². The molecule has 0 heterocycles. The Bertz CT molecular complexity index is 284. The Morgan fingerprint density at radius 1 is 1.27 bits per heavy atom. The smallest absolute Gasteiger partial charge is 0.0431 e. The van der Waals surface area contributed by atoms with Crippen LogP contribution in [0.25, 0.3) is 0 Å². The number of hydrogen-bond acceptors (Lipinski definition) is 2. The third-order valence-corrected chi connectivity index (χ3v) is 2.77. The predicted octanol–water partition coefficient (Wildman–Crippen LogP) is 2.72. The molecular formula is C12H18ClNO. The minimum absolute atomic E-state index is 0.248. The lowest BCUT2D eigenvalue weighted by atomic mass is 10.0. The van der Waals surface area contributed by atoms with Gasteiger partial charge in [0.1, 0.15) is 0 Å². The van der Waals surface area contributed by atoms with E-state index in [1.165, 1.54) is 5.56 Å². The summed E-state index contributed by atoms with van der Waals surface area (Å²) >= 11 is 5.85. The van der Waals surface area contributed by atoms with Crippen LogP contribution in [0.2, 0.25) is 5.02 Å². The second kappa shape index (κ2) is 6.11. The van der Waals surface area contributed by atoms with Crippen molar-refractivity contribution < 1.29 is 5.11 Å². The highest BCUT2D eigenvalue weighted by Crippen LogP contribution is 2.24. The maximum Gasteiger partial charge on any atom is 0.0431 e. The summed E-state index contributed by atoms with van der Waals surface area (Å²) in [6.45, 7) is 0.248. The Morgan fingerprint density at radius 2 is 1.87 bits per heavy atom. The highest BCUT2D eigenvalue weighted by molar-refractivity contribution is 6.30. The van der Waals surface area contributed by atoms with E-state index in [4.69, 9.17) is 16.7 Å². The molecular weight excluding hydrogens is 210 g/mol. The fraction of sp³-hybridized carbons (Fsp3) is 0.500. The van der Waals surface area contributed by atoms with Crippen molar-refractivity contribution >= 4 is 11.6 Å². The minimum Gasteiger partial charge on any atom is -0.396 e. The molecule has 1 aromatic rings. The van der Waals surface area contributed by atoms with E-state index in [0.29, 0.717) is 6.04 Å². The molecule has 0 spiro atoms. The number of halogens is 1. The van der Waals surface area contributed by atoms with Crippen LogP contribution in [0.3, 0.4) is 0 Å². The van der Waals surface area contributed by atoms with Crippen molar-refractivity contribution in [2.75, 3.05) is 20.7 Å². The van der Waals surface area contributed by atoms with Gasteiger partial charge in [-0.15, -0.1) is 0 Å². The van der Waals surface area contributed by atoms with Crippen molar-refractivity contribution in [2.24, 2.45) is 0 Å².